The fourth-order valence-corrected chi connectivity index (χ4v) is 4.17. The molecule has 0 N–H and O–H groups in total. The molecule has 0 fully saturated rings. The van der Waals surface area contributed by atoms with Crippen LogP contribution in [0.3, 0.4) is 0 Å². The summed E-state index contributed by atoms with van der Waals surface area (Å²) in [6.45, 7) is 12.7. The van der Waals surface area contributed by atoms with E-state index < -0.39 is 0 Å². The number of hydrogen-bond acceptors (Lipinski definition) is 3. The number of aromatic nitrogens is 3. The first kappa shape index (κ1) is 19.8. The smallest absolute Gasteiger partial charge is 0.246 e. The van der Waals surface area contributed by atoms with Crippen LogP contribution in [0.15, 0.2) is 28.8 Å². The van der Waals surface area contributed by atoms with E-state index in [1.807, 2.05) is 32.2 Å². The number of nitrogens with zero attached hydrogens (tertiary/aromatic N) is 3. The molecule has 0 saturated heterocycles. The van der Waals surface area contributed by atoms with E-state index in [1.165, 1.54) is 38.5 Å². The number of hydrogen-bond donors (Lipinski definition) is 0. The zero-order valence-electron chi connectivity index (χ0n) is 17.4. The summed E-state index contributed by atoms with van der Waals surface area (Å²) in [5.74, 6) is 1.39. The van der Waals surface area contributed by atoms with Crippen molar-refractivity contribution in [3.8, 4) is 11.6 Å². The fourth-order valence-electron chi connectivity index (χ4n) is 4.17. The summed E-state index contributed by atoms with van der Waals surface area (Å²) in [4.78, 5) is 9.47. The summed E-state index contributed by atoms with van der Waals surface area (Å²) in [6.07, 6.45) is 2.05. The first-order valence-corrected chi connectivity index (χ1v) is 9.54. The van der Waals surface area contributed by atoms with Crippen molar-refractivity contribution in [2.24, 2.45) is 0 Å². The largest absolute Gasteiger partial charge is 0.440 e. The average Bonchev–Trinajstić information content (AvgIpc) is 3.27. The van der Waals surface area contributed by atoms with Gasteiger partial charge in [0, 0.05) is 31.8 Å². The topological polar surface area (TPSA) is 43.3 Å². The predicted molar refractivity (Wildman–Crippen MR) is 113 cm³/mol. The van der Waals surface area contributed by atoms with Crippen LogP contribution in [0.5, 0.6) is 0 Å². The van der Waals surface area contributed by atoms with E-state index in [0.717, 1.165) is 28.2 Å². The molecule has 0 spiro atoms. The van der Waals surface area contributed by atoms with E-state index in [0.29, 0.717) is 5.89 Å². The third-order valence-corrected chi connectivity index (χ3v) is 6.20. The molecular weight excluding hydrogens is 539 g/mol. The van der Waals surface area contributed by atoms with Gasteiger partial charge in [-0.25, -0.2) is 4.98 Å². The second-order valence-corrected chi connectivity index (χ2v) is 7.66. The van der Waals surface area contributed by atoms with Gasteiger partial charge in [0.1, 0.15) is 11.5 Å². The molecule has 0 aliphatic heterocycles. The fraction of sp³-hybridized carbons (Fsp3) is 0.250. The first-order chi connectivity index (χ1) is 13.4. The van der Waals surface area contributed by atoms with Crippen molar-refractivity contribution >= 4 is 27.3 Å². The summed E-state index contributed by atoms with van der Waals surface area (Å²) in [5, 5.41) is 3.47. The van der Waals surface area contributed by atoms with Gasteiger partial charge in [0.05, 0.1) is 11.3 Å². The van der Waals surface area contributed by atoms with Gasteiger partial charge in [-0.1, -0.05) is 5.39 Å². The normalized spacial score (nSPS) is 11.5. The Bertz CT molecular complexity index is 1410. The molecule has 0 atom stereocenters. The molecule has 5 aromatic rings. The Hall–Kier alpha value is -2.49. The van der Waals surface area contributed by atoms with Crippen molar-refractivity contribution in [2.75, 3.05) is 0 Å². The number of aryl methyl sites for hydroxylation is 4. The van der Waals surface area contributed by atoms with Crippen molar-refractivity contribution < 1.29 is 24.5 Å². The Morgan fingerprint density at radius 3 is 2.34 bits per heavy atom. The van der Waals surface area contributed by atoms with Crippen molar-refractivity contribution in [1.82, 2.24) is 14.4 Å². The molecule has 149 valence electrons. The third-order valence-electron chi connectivity index (χ3n) is 6.20. The van der Waals surface area contributed by atoms with Crippen LogP contribution in [0.1, 0.15) is 33.7 Å². The Morgan fingerprint density at radius 1 is 0.931 bits per heavy atom. The molecule has 0 unspecified atom stereocenters. The van der Waals surface area contributed by atoms with E-state index in [2.05, 4.69) is 49.2 Å². The average molecular weight is 561 g/mol. The Labute approximate surface area is 183 Å². The van der Waals surface area contributed by atoms with Gasteiger partial charge in [0.25, 0.3) is 0 Å². The number of pyridine rings is 1. The van der Waals surface area contributed by atoms with E-state index in [4.69, 9.17) is 9.40 Å². The van der Waals surface area contributed by atoms with Gasteiger partial charge < -0.3 is 8.82 Å². The molecule has 0 bridgehead atoms. The first-order valence-electron chi connectivity index (χ1n) is 9.54. The second kappa shape index (κ2) is 6.79. The Morgan fingerprint density at radius 2 is 1.66 bits per heavy atom. The van der Waals surface area contributed by atoms with E-state index in [9.17, 15) is 0 Å². The molecule has 0 saturated carbocycles. The van der Waals surface area contributed by atoms with Gasteiger partial charge in [-0.15, -0.1) is 29.7 Å². The van der Waals surface area contributed by atoms with Crippen LogP contribution in [-0.2, 0) is 20.1 Å². The van der Waals surface area contributed by atoms with Gasteiger partial charge in [-0.2, -0.15) is 0 Å². The molecule has 0 aliphatic carbocycles. The molecular formula is C24H22IrN3O-. The Balaban J connectivity index is 0.00000205. The second-order valence-electron chi connectivity index (χ2n) is 7.66. The van der Waals surface area contributed by atoms with Crippen LogP contribution in [0.2, 0.25) is 0 Å². The molecule has 1 radical (unpaired) electrons. The van der Waals surface area contributed by atoms with Gasteiger partial charge in [-0.3, -0.25) is 4.98 Å². The van der Waals surface area contributed by atoms with Gasteiger partial charge in [0.15, 0.2) is 0 Å². The monoisotopic (exact) mass is 561 g/mol. The van der Waals surface area contributed by atoms with Gasteiger partial charge >= 0.3 is 0 Å². The summed E-state index contributed by atoms with van der Waals surface area (Å²) >= 11 is 0. The van der Waals surface area contributed by atoms with Crippen LogP contribution in [0, 0.1) is 47.6 Å². The van der Waals surface area contributed by atoms with Crippen LogP contribution >= 0.6 is 0 Å². The van der Waals surface area contributed by atoms with Crippen LogP contribution in [-0.4, -0.2) is 14.4 Å². The minimum Gasteiger partial charge on any atom is -0.440 e. The standard InChI is InChI=1S/C24H22N3O.Ir/c1-12-13(2)15(4)22-21(14(12)3)18-9-7-8-10-19(18)23-26-20(11-27(22)23)24-25-16(5)17(6)28-24;/h7-9,11H,1-6H3;/q-1;. The molecule has 4 nitrogen and oxygen atoms in total. The van der Waals surface area contributed by atoms with E-state index in [-0.39, 0.29) is 20.1 Å². The number of oxazole rings is 1. The number of fused-ring (bicyclic) bond motifs is 6. The summed E-state index contributed by atoms with van der Waals surface area (Å²) in [5.41, 5.74) is 8.97. The molecule has 5 heteroatoms. The summed E-state index contributed by atoms with van der Waals surface area (Å²) in [7, 11) is 0. The van der Waals surface area contributed by atoms with Crippen molar-refractivity contribution in [2.45, 2.75) is 41.5 Å². The maximum Gasteiger partial charge on any atom is 0.246 e. The minimum absolute atomic E-state index is 0. The number of imidazole rings is 1. The number of benzene rings is 2. The quantitative estimate of drug-likeness (QED) is 0.188. The van der Waals surface area contributed by atoms with E-state index >= 15 is 0 Å². The number of rotatable bonds is 1. The van der Waals surface area contributed by atoms with Crippen LogP contribution in [0.4, 0.5) is 0 Å². The molecule has 29 heavy (non-hydrogen) atoms. The zero-order valence-corrected chi connectivity index (χ0v) is 19.8. The van der Waals surface area contributed by atoms with Gasteiger partial charge in [0.2, 0.25) is 5.89 Å². The molecule has 3 aromatic heterocycles. The van der Waals surface area contributed by atoms with Crippen molar-refractivity contribution in [1.29, 1.82) is 0 Å². The van der Waals surface area contributed by atoms with E-state index in [1.54, 1.807) is 0 Å². The summed E-state index contributed by atoms with van der Waals surface area (Å²) < 4.78 is 8.04. The summed E-state index contributed by atoms with van der Waals surface area (Å²) in [6, 6.07) is 9.58. The van der Waals surface area contributed by atoms with Crippen molar-refractivity contribution in [3.05, 3.63) is 64.2 Å². The molecule has 0 aliphatic rings. The van der Waals surface area contributed by atoms with Crippen LogP contribution < -0.4 is 0 Å². The molecule has 3 heterocycles. The zero-order chi connectivity index (χ0) is 19.7. The molecule has 5 rings (SSSR count). The minimum atomic E-state index is 0. The SMILES string of the molecule is Cc1nc(-c2cn3c(n2)c2[c-]cccc2c2c(C)c(C)c(C)c(C)c23)oc1C.[Ir]. The third kappa shape index (κ3) is 2.68. The maximum absolute atomic E-state index is 5.85. The van der Waals surface area contributed by atoms with Crippen LogP contribution in [0.25, 0.3) is 38.9 Å². The van der Waals surface area contributed by atoms with Gasteiger partial charge in [-0.05, 0) is 69.2 Å². The predicted octanol–water partition coefficient (Wildman–Crippen LogP) is 5.94. The van der Waals surface area contributed by atoms with Crippen molar-refractivity contribution in [3.63, 3.8) is 0 Å². The molecule has 2 aromatic carbocycles. The maximum atomic E-state index is 5.85. The Kier molecular flexibility index (Phi) is 4.64. The molecule has 0 amide bonds.